The van der Waals surface area contributed by atoms with E-state index in [-0.39, 0.29) is 0 Å². The number of fused-ring (bicyclic) bond motifs is 1. The van der Waals surface area contributed by atoms with Crippen LogP contribution in [0.4, 0.5) is 5.69 Å². The van der Waals surface area contributed by atoms with Gasteiger partial charge >= 0.3 is 0 Å². The Morgan fingerprint density at radius 1 is 1.57 bits per heavy atom. The SMILES string of the molecule is CSc1cc(CCl)c2ccsc2c1N. The van der Waals surface area contributed by atoms with Crippen LogP contribution in [0.2, 0.25) is 0 Å². The lowest BCUT2D eigenvalue weighted by atomic mass is 10.1. The lowest BCUT2D eigenvalue weighted by molar-refractivity contribution is 1.38. The van der Waals surface area contributed by atoms with Crippen molar-refractivity contribution in [3.63, 3.8) is 0 Å². The van der Waals surface area contributed by atoms with Crippen molar-refractivity contribution in [1.29, 1.82) is 0 Å². The molecule has 1 aromatic heterocycles. The van der Waals surface area contributed by atoms with Crippen LogP contribution in [0, 0.1) is 0 Å². The molecule has 0 amide bonds. The molecule has 0 spiro atoms. The summed E-state index contributed by atoms with van der Waals surface area (Å²) in [7, 11) is 0. The highest BCUT2D eigenvalue weighted by Crippen LogP contribution is 2.37. The Kier molecular flexibility index (Phi) is 2.91. The van der Waals surface area contributed by atoms with E-state index < -0.39 is 0 Å². The third-order valence-corrected chi connectivity index (χ3v) is 4.20. The van der Waals surface area contributed by atoms with Crippen molar-refractivity contribution in [2.24, 2.45) is 0 Å². The molecule has 0 aliphatic heterocycles. The van der Waals surface area contributed by atoms with Crippen molar-refractivity contribution in [3.05, 3.63) is 23.1 Å². The van der Waals surface area contributed by atoms with Gasteiger partial charge < -0.3 is 5.73 Å². The number of hydrogen-bond acceptors (Lipinski definition) is 3. The van der Waals surface area contributed by atoms with Crippen molar-refractivity contribution in [3.8, 4) is 0 Å². The summed E-state index contributed by atoms with van der Waals surface area (Å²) in [5, 5.41) is 3.25. The fourth-order valence-corrected chi connectivity index (χ4v) is 3.25. The third-order valence-electron chi connectivity index (χ3n) is 2.19. The first-order valence-electron chi connectivity index (χ1n) is 4.16. The van der Waals surface area contributed by atoms with E-state index in [1.165, 1.54) is 10.9 Å². The molecule has 4 heteroatoms. The molecule has 0 aliphatic carbocycles. The zero-order valence-electron chi connectivity index (χ0n) is 7.71. The molecular weight excluding hydrogens is 234 g/mol. The highest BCUT2D eigenvalue weighted by Gasteiger charge is 2.09. The Balaban J connectivity index is 2.80. The second-order valence-corrected chi connectivity index (χ2v) is 4.98. The van der Waals surface area contributed by atoms with Gasteiger partial charge in [-0.05, 0) is 34.7 Å². The number of benzene rings is 1. The van der Waals surface area contributed by atoms with Gasteiger partial charge in [0.2, 0.25) is 0 Å². The first kappa shape index (κ1) is 10.1. The molecule has 0 aliphatic rings. The molecule has 1 nitrogen and oxygen atoms in total. The largest absolute Gasteiger partial charge is 0.397 e. The molecule has 2 aromatic rings. The van der Waals surface area contributed by atoms with Crippen molar-refractivity contribution in [2.45, 2.75) is 10.8 Å². The van der Waals surface area contributed by atoms with Gasteiger partial charge in [-0.3, -0.25) is 0 Å². The Bertz CT molecular complexity index is 464. The molecule has 1 heterocycles. The highest BCUT2D eigenvalue weighted by atomic mass is 35.5. The maximum Gasteiger partial charge on any atom is 0.0633 e. The fraction of sp³-hybridized carbons (Fsp3) is 0.200. The molecule has 74 valence electrons. The predicted octanol–water partition coefficient (Wildman–Crippen LogP) is 3.94. The highest BCUT2D eigenvalue weighted by molar-refractivity contribution is 7.98. The van der Waals surface area contributed by atoms with Crippen molar-refractivity contribution >= 4 is 50.5 Å². The summed E-state index contributed by atoms with van der Waals surface area (Å²) in [6.07, 6.45) is 2.03. The molecule has 0 bridgehead atoms. The van der Waals surface area contributed by atoms with Gasteiger partial charge in [-0.2, -0.15) is 0 Å². The lowest BCUT2D eigenvalue weighted by Crippen LogP contribution is -1.91. The summed E-state index contributed by atoms with van der Waals surface area (Å²) in [6.45, 7) is 0. The third kappa shape index (κ3) is 1.49. The van der Waals surface area contributed by atoms with Gasteiger partial charge in [0.15, 0.2) is 0 Å². The maximum atomic E-state index is 6.04. The van der Waals surface area contributed by atoms with E-state index in [2.05, 4.69) is 17.5 Å². The van der Waals surface area contributed by atoms with Crippen LogP contribution in [0.25, 0.3) is 10.1 Å². The van der Waals surface area contributed by atoms with E-state index in [1.807, 2.05) is 6.26 Å². The summed E-state index contributed by atoms with van der Waals surface area (Å²) in [6, 6.07) is 4.17. The summed E-state index contributed by atoms with van der Waals surface area (Å²) < 4.78 is 1.16. The second kappa shape index (κ2) is 4.01. The summed E-state index contributed by atoms with van der Waals surface area (Å²) in [5.74, 6) is 0.543. The molecule has 2 rings (SSSR count). The standard InChI is InChI=1S/C10H10ClNS2/c1-13-8-4-6(5-11)7-2-3-14-10(7)9(8)12/h2-4H,5,12H2,1H3. The van der Waals surface area contributed by atoms with E-state index in [0.717, 1.165) is 15.3 Å². The lowest BCUT2D eigenvalue weighted by Gasteiger charge is -2.07. The van der Waals surface area contributed by atoms with E-state index in [9.17, 15) is 0 Å². The number of nitrogens with two attached hydrogens (primary N) is 1. The van der Waals surface area contributed by atoms with Crippen molar-refractivity contribution < 1.29 is 0 Å². The molecule has 1 aromatic carbocycles. The average molecular weight is 244 g/mol. The van der Waals surface area contributed by atoms with Crippen LogP contribution in [0.3, 0.4) is 0 Å². The van der Waals surface area contributed by atoms with E-state index >= 15 is 0 Å². The molecule has 0 saturated heterocycles. The molecule has 0 fully saturated rings. The summed E-state index contributed by atoms with van der Waals surface area (Å²) >= 11 is 9.24. The zero-order chi connectivity index (χ0) is 10.1. The Labute approximate surface area is 96.2 Å². The molecular formula is C10H10ClNS2. The number of thiophene rings is 1. The van der Waals surface area contributed by atoms with Gasteiger partial charge in [0.25, 0.3) is 0 Å². The maximum absolute atomic E-state index is 6.04. The molecule has 2 N–H and O–H groups in total. The van der Waals surface area contributed by atoms with E-state index in [4.69, 9.17) is 17.3 Å². The zero-order valence-corrected chi connectivity index (χ0v) is 10.1. The second-order valence-electron chi connectivity index (χ2n) is 2.95. The van der Waals surface area contributed by atoms with Crippen LogP contribution in [0.1, 0.15) is 5.56 Å². The van der Waals surface area contributed by atoms with E-state index in [0.29, 0.717) is 5.88 Å². The number of halogens is 1. The number of nitrogen functional groups attached to an aromatic ring is 1. The monoisotopic (exact) mass is 243 g/mol. The van der Waals surface area contributed by atoms with E-state index in [1.54, 1.807) is 23.1 Å². The number of alkyl halides is 1. The number of rotatable bonds is 2. The number of hydrogen-bond donors (Lipinski definition) is 1. The van der Waals surface area contributed by atoms with Gasteiger partial charge in [-0.1, -0.05) is 0 Å². The first-order chi connectivity index (χ1) is 6.77. The first-order valence-corrected chi connectivity index (χ1v) is 6.80. The van der Waals surface area contributed by atoms with Crippen LogP contribution in [-0.4, -0.2) is 6.26 Å². The van der Waals surface area contributed by atoms with Gasteiger partial charge in [0.05, 0.1) is 10.4 Å². The van der Waals surface area contributed by atoms with Gasteiger partial charge in [0.1, 0.15) is 0 Å². The van der Waals surface area contributed by atoms with Crippen LogP contribution >= 0.6 is 34.7 Å². The van der Waals surface area contributed by atoms with Crippen LogP contribution < -0.4 is 5.73 Å². The molecule has 14 heavy (non-hydrogen) atoms. The molecule has 0 unspecified atom stereocenters. The minimum atomic E-state index is 0.543. The Hall–Kier alpha value is -0.380. The molecule has 0 saturated carbocycles. The van der Waals surface area contributed by atoms with Crippen molar-refractivity contribution in [2.75, 3.05) is 12.0 Å². The molecule has 0 radical (unpaired) electrons. The normalized spacial score (nSPS) is 11.0. The summed E-state index contributed by atoms with van der Waals surface area (Å²) in [5.41, 5.74) is 8.10. The minimum Gasteiger partial charge on any atom is -0.397 e. The average Bonchev–Trinajstić information content (AvgIpc) is 2.68. The fourth-order valence-electron chi connectivity index (χ4n) is 1.48. The minimum absolute atomic E-state index is 0.543. The van der Waals surface area contributed by atoms with Crippen LogP contribution in [0.5, 0.6) is 0 Å². The van der Waals surface area contributed by atoms with Crippen LogP contribution in [0.15, 0.2) is 22.4 Å². The Morgan fingerprint density at radius 3 is 3.00 bits per heavy atom. The summed E-state index contributed by atoms with van der Waals surface area (Å²) in [4.78, 5) is 1.12. The van der Waals surface area contributed by atoms with Gasteiger partial charge in [0, 0.05) is 10.8 Å². The quantitative estimate of drug-likeness (QED) is 0.491. The van der Waals surface area contributed by atoms with Crippen LogP contribution in [-0.2, 0) is 5.88 Å². The number of thioether (sulfide) groups is 1. The predicted molar refractivity (Wildman–Crippen MR) is 67.6 cm³/mol. The Morgan fingerprint density at radius 2 is 2.36 bits per heavy atom. The number of anilines is 1. The molecule has 0 atom stereocenters. The van der Waals surface area contributed by atoms with Gasteiger partial charge in [-0.15, -0.1) is 34.7 Å². The smallest absolute Gasteiger partial charge is 0.0633 e. The van der Waals surface area contributed by atoms with Crippen molar-refractivity contribution in [1.82, 2.24) is 0 Å². The topological polar surface area (TPSA) is 26.0 Å². The van der Waals surface area contributed by atoms with Gasteiger partial charge in [-0.25, -0.2) is 0 Å².